The van der Waals surface area contributed by atoms with E-state index in [1.807, 2.05) is 0 Å². The number of halogens is 2. The van der Waals surface area contributed by atoms with E-state index < -0.39 is 23.6 Å². The van der Waals surface area contributed by atoms with Crippen LogP contribution in [-0.2, 0) is 10.3 Å². The number of hydrogen-bond donors (Lipinski definition) is 2. The Labute approximate surface area is 189 Å². The van der Waals surface area contributed by atoms with Crippen molar-refractivity contribution in [2.45, 2.75) is 31.9 Å². The Hall–Kier alpha value is -2.61. The molecule has 7 nitrogen and oxygen atoms in total. The number of carbonyl (C=O) groups excluding carboxylic acids is 3. The highest BCUT2D eigenvalue weighted by atomic mass is 35.5. The maximum atomic E-state index is 13.0. The Kier molecular flexibility index (Phi) is 6.89. The number of rotatable bonds is 8. The van der Waals surface area contributed by atoms with Crippen LogP contribution in [0.4, 0.5) is 4.79 Å². The van der Waals surface area contributed by atoms with Crippen LogP contribution in [0.2, 0.25) is 10.0 Å². The largest absolute Gasteiger partial charge is 0.491 e. The summed E-state index contributed by atoms with van der Waals surface area (Å²) in [6.45, 7) is 2.93. The molecule has 0 bridgehead atoms. The number of aliphatic hydroxyl groups excluding tert-OH is 1. The van der Waals surface area contributed by atoms with Crippen LogP contribution in [0.5, 0.6) is 5.75 Å². The molecule has 2 atom stereocenters. The van der Waals surface area contributed by atoms with Gasteiger partial charge in [0.2, 0.25) is 0 Å². The lowest BCUT2D eigenvalue weighted by atomic mass is 9.92. The molecule has 0 aliphatic carbocycles. The van der Waals surface area contributed by atoms with E-state index in [-0.39, 0.29) is 24.0 Å². The lowest BCUT2D eigenvalue weighted by molar-refractivity contribution is -0.132. The van der Waals surface area contributed by atoms with Crippen molar-refractivity contribution < 1.29 is 24.2 Å². The second kappa shape index (κ2) is 9.26. The van der Waals surface area contributed by atoms with Crippen LogP contribution in [0, 0.1) is 0 Å². The van der Waals surface area contributed by atoms with Gasteiger partial charge in [-0.25, -0.2) is 4.79 Å². The third kappa shape index (κ3) is 4.84. The van der Waals surface area contributed by atoms with Gasteiger partial charge in [-0.3, -0.25) is 14.5 Å². The molecular formula is C22H22Cl2N2O5. The summed E-state index contributed by atoms with van der Waals surface area (Å²) in [5.74, 6) is -0.0566. The third-order valence-electron chi connectivity index (χ3n) is 5.08. The molecule has 0 aromatic heterocycles. The molecule has 0 saturated carbocycles. The second-order valence-electron chi connectivity index (χ2n) is 7.36. The lowest BCUT2D eigenvalue weighted by Gasteiger charge is -2.24. The lowest BCUT2D eigenvalue weighted by Crippen LogP contribution is -2.43. The van der Waals surface area contributed by atoms with Gasteiger partial charge < -0.3 is 15.2 Å². The van der Waals surface area contributed by atoms with Crippen molar-refractivity contribution in [3.8, 4) is 5.75 Å². The fourth-order valence-electron chi connectivity index (χ4n) is 3.34. The first kappa shape index (κ1) is 23.1. The maximum Gasteiger partial charge on any atom is 0.325 e. The number of carbonyl (C=O) groups is 3. The van der Waals surface area contributed by atoms with Crippen molar-refractivity contribution in [3.63, 3.8) is 0 Å². The fourth-order valence-corrected chi connectivity index (χ4v) is 3.93. The summed E-state index contributed by atoms with van der Waals surface area (Å²) in [6, 6.07) is 10.6. The van der Waals surface area contributed by atoms with Crippen molar-refractivity contribution >= 4 is 40.9 Å². The molecule has 1 heterocycles. The molecule has 1 aliphatic heterocycles. The van der Waals surface area contributed by atoms with E-state index in [1.165, 1.54) is 6.07 Å². The molecule has 2 unspecified atom stereocenters. The minimum Gasteiger partial charge on any atom is -0.491 e. The predicted octanol–water partition coefficient (Wildman–Crippen LogP) is 3.79. The van der Waals surface area contributed by atoms with E-state index in [4.69, 9.17) is 27.9 Å². The first-order chi connectivity index (χ1) is 14.7. The summed E-state index contributed by atoms with van der Waals surface area (Å²) in [6.07, 6.45) is -0.708. The smallest absolute Gasteiger partial charge is 0.325 e. The molecule has 1 aliphatic rings. The van der Waals surface area contributed by atoms with Crippen LogP contribution >= 0.6 is 23.2 Å². The monoisotopic (exact) mass is 464 g/mol. The number of nitrogens with one attached hydrogen (secondary N) is 1. The zero-order chi connectivity index (χ0) is 22.8. The van der Waals surface area contributed by atoms with E-state index in [0.29, 0.717) is 28.3 Å². The van der Waals surface area contributed by atoms with E-state index in [0.717, 1.165) is 4.90 Å². The summed E-state index contributed by atoms with van der Waals surface area (Å²) in [7, 11) is 0. The van der Waals surface area contributed by atoms with Crippen molar-refractivity contribution in [1.82, 2.24) is 10.2 Å². The van der Waals surface area contributed by atoms with Gasteiger partial charge in [0.05, 0.1) is 6.54 Å². The zero-order valence-electron chi connectivity index (χ0n) is 17.0. The van der Waals surface area contributed by atoms with Gasteiger partial charge >= 0.3 is 6.03 Å². The minimum atomic E-state index is -1.37. The average molecular weight is 465 g/mol. The Morgan fingerprint density at radius 1 is 1.19 bits per heavy atom. The van der Waals surface area contributed by atoms with E-state index >= 15 is 0 Å². The van der Waals surface area contributed by atoms with Crippen LogP contribution in [-0.4, -0.2) is 47.0 Å². The number of ether oxygens (including phenoxy) is 1. The number of nitrogens with zero attached hydrogens (tertiary/aromatic N) is 1. The average Bonchev–Trinajstić information content (AvgIpc) is 2.95. The van der Waals surface area contributed by atoms with Crippen molar-refractivity contribution in [2.75, 3.05) is 13.2 Å². The summed E-state index contributed by atoms with van der Waals surface area (Å²) in [5.41, 5.74) is -0.386. The van der Waals surface area contributed by atoms with Crippen LogP contribution in [0.15, 0.2) is 42.5 Å². The van der Waals surface area contributed by atoms with Gasteiger partial charge in [0.15, 0.2) is 5.78 Å². The molecule has 1 fully saturated rings. The second-order valence-corrected chi connectivity index (χ2v) is 8.20. The first-order valence-corrected chi connectivity index (χ1v) is 10.4. The molecule has 2 aromatic rings. The van der Waals surface area contributed by atoms with Gasteiger partial charge in [-0.05, 0) is 43.3 Å². The number of amides is 3. The molecular weight excluding hydrogens is 443 g/mol. The van der Waals surface area contributed by atoms with Crippen molar-refractivity contribution in [1.29, 1.82) is 0 Å². The molecule has 164 valence electrons. The van der Waals surface area contributed by atoms with E-state index in [9.17, 15) is 19.5 Å². The van der Waals surface area contributed by atoms with Crippen molar-refractivity contribution in [3.05, 3.63) is 63.6 Å². The van der Waals surface area contributed by atoms with Gasteiger partial charge in [-0.2, -0.15) is 0 Å². The summed E-state index contributed by atoms with van der Waals surface area (Å²) < 4.78 is 5.52. The van der Waals surface area contributed by atoms with Crippen molar-refractivity contribution in [2.24, 2.45) is 0 Å². The van der Waals surface area contributed by atoms with Crippen LogP contribution in [0.25, 0.3) is 0 Å². The minimum absolute atomic E-state index is 0.0222. The van der Waals surface area contributed by atoms with E-state index in [1.54, 1.807) is 50.2 Å². The molecule has 0 spiro atoms. The normalized spacial score (nSPS) is 19.3. The Morgan fingerprint density at radius 3 is 2.48 bits per heavy atom. The van der Waals surface area contributed by atoms with Gasteiger partial charge in [-0.15, -0.1) is 0 Å². The highest BCUT2D eigenvalue weighted by molar-refractivity contribution is 6.35. The summed E-state index contributed by atoms with van der Waals surface area (Å²) >= 11 is 12.1. The van der Waals surface area contributed by atoms with Gasteiger partial charge in [0, 0.05) is 27.6 Å². The molecule has 3 amide bonds. The summed E-state index contributed by atoms with van der Waals surface area (Å²) in [5, 5.41) is 13.6. The Balaban J connectivity index is 1.63. The number of hydrogen-bond acceptors (Lipinski definition) is 5. The SMILES string of the molecule is CCC(=O)c1ccc(OCC(O)CN2C(=O)NC(C)(c3ccc(Cl)cc3Cl)C2=O)cc1. The van der Waals surface area contributed by atoms with Gasteiger partial charge in [-0.1, -0.05) is 36.2 Å². The van der Waals surface area contributed by atoms with Crippen LogP contribution < -0.4 is 10.1 Å². The third-order valence-corrected chi connectivity index (χ3v) is 5.63. The molecule has 2 N–H and O–H groups in total. The number of Topliss-reactive ketones (excluding diaryl/α,β-unsaturated/α-hetero) is 1. The van der Waals surface area contributed by atoms with Crippen LogP contribution in [0.1, 0.15) is 36.2 Å². The summed E-state index contributed by atoms with van der Waals surface area (Å²) in [4.78, 5) is 38.0. The maximum absolute atomic E-state index is 13.0. The number of ketones is 1. The van der Waals surface area contributed by atoms with Crippen LogP contribution in [0.3, 0.4) is 0 Å². The van der Waals surface area contributed by atoms with Gasteiger partial charge in [0.1, 0.15) is 24.0 Å². The molecule has 3 rings (SSSR count). The Morgan fingerprint density at radius 2 is 1.87 bits per heavy atom. The number of urea groups is 1. The first-order valence-electron chi connectivity index (χ1n) is 9.69. The highest BCUT2D eigenvalue weighted by Gasteiger charge is 2.50. The number of benzene rings is 2. The molecule has 9 heteroatoms. The predicted molar refractivity (Wildman–Crippen MR) is 117 cm³/mol. The molecule has 2 aromatic carbocycles. The fraction of sp³-hybridized carbons (Fsp3) is 0.318. The number of β-amino-alcohol motifs (C(OH)–C–C–N with tert-alkyl or cyclic N) is 1. The molecule has 0 radical (unpaired) electrons. The van der Waals surface area contributed by atoms with Gasteiger partial charge in [0.25, 0.3) is 5.91 Å². The quantitative estimate of drug-likeness (QED) is 0.457. The zero-order valence-corrected chi connectivity index (χ0v) is 18.5. The Bertz CT molecular complexity index is 1010. The highest BCUT2D eigenvalue weighted by Crippen LogP contribution is 2.35. The molecule has 31 heavy (non-hydrogen) atoms. The molecule has 1 saturated heterocycles. The standard InChI is InChI=1S/C22H22Cl2N2O5/c1-3-19(28)13-4-7-16(8-5-13)31-12-15(27)11-26-20(29)22(2,25-21(26)30)17-9-6-14(23)10-18(17)24/h4-10,15,27H,3,11-12H2,1-2H3,(H,25,30). The topological polar surface area (TPSA) is 95.9 Å². The van der Waals surface area contributed by atoms with E-state index in [2.05, 4.69) is 5.32 Å². The number of aliphatic hydroxyl groups is 1. The number of imide groups is 1.